The van der Waals surface area contributed by atoms with E-state index in [4.69, 9.17) is 0 Å². The predicted molar refractivity (Wildman–Crippen MR) is 159 cm³/mol. The molecule has 0 unspecified atom stereocenters. The van der Waals surface area contributed by atoms with Crippen LogP contribution in [0.15, 0.2) is 78.0 Å². The average Bonchev–Trinajstić information content (AvgIpc) is 3.60. The highest BCUT2D eigenvalue weighted by molar-refractivity contribution is 8.15. The molecular weight excluding hydrogens is 581 g/mol. The van der Waals surface area contributed by atoms with Crippen molar-refractivity contribution in [2.45, 2.75) is 33.1 Å². The second kappa shape index (κ2) is 12.7. The number of halogens is 3. The van der Waals surface area contributed by atoms with Crippen molar-refractivity contribution in [2.75, 3.05) is 17.2 Å². The Hall–Kier alpha value is -4.65. The summed E-state index contributed by atoms with van der Waals surface area (Å²) in [6, 6.07) is 18.1. The summed E-state index contributed by atoms with van der Waals surface area (Å²) >= 11 is 1.12. The van der Waals surface area contributed by atoms with Gasteiger partial charge in [-0.3, -0.25) is 9.69 Å². The number of nitrogens with one attached hydrogen (secondary N) is 1. The van der Waals surface area contributed by atoms with E-state index in [-0.39, 0.29) is 11.0 Å². The minimum absolute atomic E-state index is 0.157. The molecule has 13 heteroatoms. The van der Waals surface area contributed by atoms with Gasteiger partial charge in [-0.2, -0.15) is 4.99 Å². The number of hydrogen-bond donors (Lipinski definition) is 1. The van der Waals surface area contributed by atoms with E-state index < -0.39 is 12.4 Å². The van der Waals surface area contributed by atoms with Crippen LogP contribution in [0.25, 0.3) is 17.1 Å². The molecule has 4 aromatic rings. The standard InChI is InChI=1S/C30H27F3N6O3S/c1-3-21-8-4-6-19(2)26(21)39-25(17-43-29(39)41)36-28(40)34-15-14-20-7-5-9-22(16-20)27-35-18-38(37-27)23-10-12-24(13-11-23)42-30(31,32)33/h4-13,16,18H,3,14-15,17H2,1-2H3,(H,34,40). The molecule has 3 amide bonds. The summed E-state index contributed by atoms with van der Waals surface area (Å²) in [6.45, 7) is 4.27. The van der Waals surface area contributed by atoms with E-state index in [0.29, 0.717) is 36.1 Å². The van der Waals surface area contributed by atoms with E-state index in [9.17, 15) is 22.8 Å². The van der Waals surface area contributed by atoms with Crippen LogP contribution in [0.4, 0.5) is 28.4 Å². The number of urea groups is 1. The third kappa shape index (κ3) is 7.23. The van der Waals surface area contributed by atoms with Gasteiger partial charge in [-0.15, -0.1) is 18.3 Å². The lowest BCUT2D eigenvalue weighted by molar-refractivity contribution is -0.274. The van der Waals surface area contributed by atoms with Gasteiger partial charge < -0.3 is 10.1 Å². The minimum atomic E-state index is -4.76. The zero-order chi connectivity index (χ0) is 30.6. The number of aromatic nitrogens is 3. The zero-order valence-electron chi connectivity index (χ0n) is 23.3. The Balaban J connectivity index is 1.21. The van der Waals surface area contributed by atoms with Crippen LogP contribution in [0.5, 0.6) is 5.75 Å². The summed E-state index contributed by atoms with van der Waals surface area (Å²) in [5, 5.41) is 7.08. The van der Waals surface area contributed by atoms with Crippen molar-refractivity contribution >= 4 is 34.6 Å². The third-order valence-corrected chi connectivity index (χ3v) is 7.46. The number of nitrogens with zero attached hydrogens (tertiary/aromatic N) is 5. The number of amidine groups is 1. The van der Waals surface area contributed by atoms with Crippen molar-refractivity contribution in [2.24, 2.45) is 4.99 Å². The van der Waals surface area contributed by atoms with Crippen LogP contribution in [0.2, 0.25) is 0 Å². The van der Waals surface area contributed by atoms with Gasteiger partial charge in [0.05, 0.1) is 17.1 Å². The molecule has 0 radical (unpaired) electrons. The highest BCUT2D eigenvalue weighted by Crippen LogP contribution is 2.33. The number of benzene rings is 3. The fourth-order valence-electron chi connectivity index (χ4n) is 4.65. The maximum atomic E-state index is 12.7. The number of rotatable bonds is 8. The highest BCUT2D eigenvalue weighted by atomic mass is 32.2. The Morgan fingerprint density at radius 3 is 2.63 bits per heavy atom. The van der Waals surface area contributed by atoms with Crippen molar-refractivity contribution in [1.82, 2.24) is 20.1 Å². The first-order valence-electron chi connectivity index (χ1n) is 13.4. The van der Waals surface area contributed by atoms with Gasteiger partial charge in [0.15, 0.2) is 5.82 Å². The van der Waals surface area contributed by atoms with Crippen molar-refractivity contribution in [3.63, 3.8) is 0 Å². The Morgan fingerprint density at radius 2 is 1.88 bits per heavy atom. The van der Waals surface area contributed by atoms with Gasteiger partial charge in [0.1, 0.15) is 17.9 Å². The SMILES string of the molecule is CCc1cccc(C)c1N1C(=O)SCC1=NC(=O)NCCc1cccc(-c2ncn(-c3ccc(OC(F)(F)F)cc3)n2)c1. The number of aryl methyl sites for hydroxylation is 2. The van der Waals surface area contributed by atoms with Crippen molar-refractivity contribution in [1.29, 1.82) is 0 Å². The van der Waals surface area contributed by atoms with Crippen LogP contribution >= 0.6 is 11.8 Å². The fraction of sp³-hybridized carbons (Fsp3) is 0.233. The molecule has 0 spiro atoms. The van der Waals surface area contributed by atoms with Crippen LogP contribution in [0.1, 0.15) is 23.6 Å². The number of aliphatic imine (C=N–C) groups is 1. The molecule has 0 bridgehead atoms. The molecule has 1 aliphatic rings. The number of amides is 3. The molecular formula is C30H27F3N6O3S. The fourth-order valence-corrected chi connectivity index (χ4v) is 5.42. The number of carbonyl (C=O) groups excluding carboxylic acids is 2. The van der Waals surface area contributed by atoms with Crippen LogP contribution in [0, 0.1) is 6.92 Å². The summed E-state index contributed by atoms with van der Waals surface area (Å²) in [5.41, 5.74) is 4.92. The number of anilines is 1. The van der Waals surface area contributed by atoms with E-state index in [2.05, 4.69) is 25.1 Å². The van der Waals surface area contributed by atoms with Crippen LogP contribution in [-0.4, -0.2) is 50.5 Å². The Labute approximate surface area is 249 Å². The van der Waals surface area contributed by atoms with Gasteiger partial charge in [0, 0.05) is 12.1 Å². The molecule has 0 atom stereocenters. The topological polar surface area (TPSA) is 102 Å². The molecule has 1 saturated heterocycles. The first kappa shape index (κ1) is 29.8. The number of para-hydroxylation sites is 1. The van der Waals surface area contributed by atoms with E-state index >= 15 is 0 Å². The van der Waals surface area contributed by atoms with Crippen molar-refractivity contribution < 1.29 is 27.5 Å². The molecule has 2 heterocycles. The Kier molecular flexibility index (Phi) is 8.81. The molecule has 222 valence electrons. The molecule has 43 heavy (non-hydrogen) atoms. The summed E-state index contributed by atoms with van der Waals surface area (Å²) < 4.78 is 42.6. The van der Waals surface area contributed by atoms with Gasteiger partial charge in [-0.25, -0.2) is 14.5 Å². The number of thioether (sulfide) groups is 1. The van der Waals surface area contributed by atoms with E-state index in [0.717, 1.165) is 46.1 Å². The number of hydrogen-bond acceptors (Lipinski definition) is 6. The molecule has 0 aliphatic carbocycles. The van der Waals surface area contributed by atoms with Gasteiger partial charge in [0.25, 0.3) is 5.24 Å². The van der Waals surface area contributed by atoms with Gasteiger partial charge >= 0.3 is 12.4 Å². The average molecular weight is 609 g/mol. The Morgan fingerprint density at radius 1 is 1.12 bits per heavy atom. The molecule has 1 N–H and O–H groups in total. The van der Waals surface area contributed by atoms with Crippen LogP contribution in [-0.2, 0) is 12.8 Å². The largest absolute Gasteiger partial charge is 0.573 e. The summed E-state index contributed by atoms with van der Waals surface area (Å²) in [6.07, 6.45) is -2.04. The summed E-state index contributed by atoms with van der Waals surface area (Å²) in [4.78, 5) is 35.5. The van der Waals surface area contributed by atoms with Gasteiger partial charge in [0.2, 0.25) is 0 Å². The summed E-state index contributed by atoms with van der Waals surface area (Å²) in [5.74, 6) is 0.825. The monoisotopic (exact) mass is 608 g/mol. The minimum Gasteiger partial charge on any atom is -0.406 e. The second-order valence-corrected chi connectivity index (χ2v) is 10.5. The molecule has 1 fully saturated rings. The first-order valence-corrected chi connectivity index (χ1v) is 14.4. The quantitative estimate of drug-likeness (QED) is 0.238. The number of alkyl halides is 3. The van der Waals surface area contributed by atoms with E-state index in [1.807, 2.05) is 56.3 Å². The van der Waals surface area contributed by atoms with Gasteiger partial charge in [-0.05, 0) is 66.8 Å². The third-order valence-electron chi connectivity index (χ3n) is 6.62. The lowest BCUT2D eigenvalue weighted by Crippen LogP contribution is -2.33. The van der Waals surface area contributed by atoms with Crippen LogP contribution in [0.3, 0.4) is 0 Å². The molecule has 1 aliphatic heterocycles. The zero-order valence-corrected chi connectivity index (χ0v) is 24.1. The van der Waals surface area contributed by atoms with Crippen molar-refractivity contribution in [3.05, 3.63) is 89.7 Å². The molecule has 0 saturated carbocycles. The molecule has 5 rings (SSSR count). The maximum Gasteiger partial charge on any atom is 0.573 e. The molecule has 1 aromatic heterocycles. The van der Waals surface area contributed by atoms with Crippen LogP contribution < -0.4 is 15.0 Å². The predicted octanol–water partition coefficient (Wildman–Crippen LogP) is 6.73. The van der Waals surface area contributed by atoms with Crippen molar-refractivity contribution in [3.8, 4) is 22.8 Å². The normalized spacial score (nSPS) is 14.4. The lowest BCUT2D eigenvalue weighted by atomic mass is 10.0. The smallest absolute Gasteiger partial charge is 0.406 e. The lowest BCUT2D eigenvalue weighted by Gasteiger charge is -2.21. The van der Waals surface area contributed by atoms with E-state index in [1.54, 1.807) is 4.90 Å². The molecule has 3 aromatic carbocycles. The van der Waals surface area contributed by atoms with Gasteiger partial charge in [-0.1, -0.05) is 55.1 Å². The van der Waals surface area contributed by atoms with E-state index in [1.165, 1.54) is 35.3 Å². The maximum absolute atomic E-state index is 12.7. The Bertz CT molecular complexity index is 1670. The second-order valence-electron chi connectivity index (χ2n) is 9.59. The number of carbonyl (C=O) groups is 2. The first-order chi connectivity index (χ1) is 20.6. The highest BCUT2D eigenvalue weighted by Gasteiger charge is 2.33. The summed E-state index contributed by atoms with van der Waals surface area (Å²) in [7, 11) is 0. The molecule has 9 nitrogen and oxygen atoms in total. The number of ether oxygens (including phenoxy) is 1.